The Hall–Kier alpha value is -3.31. The van der Waals surface area contributed by atoms with Crippen LogP contribution in [-0.4, -0.2) is 16.8 Å². The maximum atomic E-state index is 13.4. The number of para-hydroxylation sites is 1. The van der Waals surface area contributed by atoms with Crippen molar-refractivity contribution in [3.8, 4) is 0 Å². The number of fused-ring (bicyclic) bond motifs is 1. The van der Waals surface area contributed by atoms with Gasteiger partial charge in [0.05, 0.1) is 18.7 Å². The van der Waals surface area contributed by atoms with Crippen molar-refractivity contribution >= 4 is 17.4 Å². The number of hydrogen-bond donors (Lipinski definition) is 1. The Morgan fingerprint density at radius 1 is 1.03 bits per heavy atom. The molecule has 3 aromatic rings. The molecule has 5 heteroatoms. The molecule has 0 saturated heterocycles. The third kappa shape index (κ3) is 3.42. The number of amides is 1. The van der Waals surface area contributed by atoms with Crippen molar-refractivity contribution in [2.45, 2.75) is 32.4 Å². The number of nitrogens with zero attached hydrogens (tertiary/aromatic N) is 1. The fourth-order valence-electron chi connectivity index (χ4n) is 3.95. The van der Waals surface area contributed by atoms with E-state index in [2.05, 4.69) is 0 Å². The molecule has 3 aromatic carbocycles. The minimum absolute atomic E-state index is 0.253. The molecule has 0 bridgehead atoms. The van der Waals surface area contributed by atoms with Crippen LogP contribution in [-0.2, 0) is 16.9 Å². The lowest BCUT2D eigenvalue weighted by atomic mass is 9.88. The maximum Gasteiger partial charge on any atom is 0.264 e. The number of aliphatic hydroxyl groups is 1. The van der Waals surface area contributed by atoms with E-state index in [9.17, 15) is 19.1 Å². The van der Waals surface area contributed by atoms with Crippen molar-refractivity contribution in [1.29, 1.82) is 0 Å². The molecule has 0 aromatic heterocycles. The van der Waals surface area contributed by atoms with Crippen molar-refractivity contribution in [2.24, 2.45) is 0 Å². The van der Waals surface area contributed by atoms with Crippen LogP contribution in [0.15, 0.2) is 66.7 Å². The van der Waals surface area contributed by atoms with Gasteiger partial charge in [0, 0.05) is 11.1 Å². The molecule has 0 spiro atoms. The van der Waals surface area contributed by atoms with Crippen LogP contribution in [0.2, 0.25) is 0 Å². The van der Waals surface area contributed by atoms with Crippen molar-refractivity contribution in [1.82, 2.24) is 0 Å². The largest absolute Gasteiger partial charge is 0.375 e. The monoisotopic (exact) mass is 403 g/mol. The van der Waals surface area contributed by atoms with Gasteiger partial charge in [0.25, 0.3) is 5.91 Å². The van der Waals surface area contributed by atoms with E-state index in [0.29, 0.717) is 17.8 Å². The van der Waals surface area contributed by atoms with Crippen molar-refractivity contribution in [3.63, 3.8) is 0 Å². The zero-order valence-electron chi connectivity index (χ0n) is 16.9. The highest BCUT2D eigenvalue weighted by molar-refractivity contribution is 6.10. The molecule has 0 aliphatic carbocycles. The predicted octanol–water partition coefficient (Wildman–Crippen LogP) is 4.45. The van der Waals surface area contributed by atoms with Gasteiger partial charge in [-0.15, -0.1) is 0 Å². The van der Waals surface area contributed by atoms with E-state index in [4.69, 9.17) is 0 Å². The van der Waals surface area contributed by atoms with Gasteiger partial charge in [-0.3, -0.25) is 9.59 Å². The summed E-state index contributed by atoms with van der Waals surface area (Å²) in [5.74, 6) is -1.40. The highest BCUT2D eigenvalue weighted by Crippen LogP contribution is 2.43. The second kappa shape index (κ2) is 7.50. The molecule has 1 atom stereocenters. The van der Waals surface area contributed by atoms with E-state index in [-0.39, 0.29) is 5.56 Å². The van der Waals surface area contributed by atoms with Crippen molar-refractivity contribution in [2.75, 3.05) is 4.90 Å². The van der Waals surface area contributed by atoms with Crippen LogP contribution in [0, 0.1) is 19.7 Å². The zero-order chi connectivity index (χ0) is 21.5. The molecule has 1 N–H and O–H groups in total. The number of hydrogen-bond acceptors (Lipinski definition) is 3. The number of anilines is 1. The van der Waals surface area contributed by atoms with Gasteiger partial charge >= 0.3 is 0 Å². The first kappa shape index (κ1) is 20.0. The fourth-order valence-corrected chi connectivity index (χ4v) is 3.95. The number of benzene rings is 3. The Kier molecular flexibility index (Phi) is 5.00. The molecular weight excluding hydrogens is 381 g/mol. The number of Topliss-reactive ketones (excluding diaryl/α,β-unsaturated/α-hetero) is 1. The summed E-state index contributed by atoms with van der Waals surface area (Å²) < 4.78 is 13.2. The van der Waals surface area contributed by atoms with E-state index in [1.54, 1.807) is 24.3 Å². The topological polar surface area (TPSA) is 57.6 Å². The molecule has 1 unspecified atom stereocenters. The number of ketones is 1. The molecule has 0 radical (unpaired) electrons. The number of carbonyl (C=O) groups excluding carboxylic acids is 2. The van der Waals surface area contributed by atoms with E-state index in [0.717, 1.165) is 16.7 Å². The minimum Gasteiger partial charge on any atom is -0.375 e. The Labute approximate surface area is 174 Å². The summed E-state index contributed by atoms with van der Waals surface area (Å²) >= 11 is 0. The fraction of sp³-hybridized carbons (Fsp3) is 0.200. The Morgan fingerprint density at radius 3 is 2.47 bits per heavy atom. The summed E-state index contributed by atoms with van der Waals surface area (Å²) in [5.41, 5.74) is 2.41. The standard InChI is InChI=1S/C25H22FNO3/c1-16-7-8-17(2)19(13-16)15-27-22-6-4-3-5-21(22)25(30,24(27)29)14-23(28)18-9-11-20(26)12-10-18/h3-13,30H,14-15H2,1-2H3. The molecule has 1 aliphatic rings. The van der Waals surface area contributed by atoms with Gasteiger partial charge in [0.1, 0.15) is 5.82 Å². The van der Waals surface area contributed by atoms with Gasteiger partial charge in [-0.25, -0.2) is 4.39 Å². The molecule has 152 valence electrons. The highest BCUT2D eigenvalue weighted by Gasteiger charge is 2.50. The van der Waals surface area contributed by atoms with Gasteiger partial charge in [-0.2, -0.15) is 0 Å². The molecule has 0 saturated carbocycles. The van der Waals surface area contributed by atoms with Crippen LogP contribution in [0.25, 0.3) is 0 Å². The smallest absolute Gasteiger partial charge is 0.264 e. The lowest BCUT2D eigenvalue weighted by Gasteiger charge is -2.23. The third-order valence-electron chi connectivity index (χ3n) is 5.66. The quantitative estimate of drug-likeness (QED) is 0.641. The van der Waals surface area contributed by atoms with Crippen LogP contribution >= 0.6 is 0 Å². The van der Waals surface area contributed by atoms with E-state index >= 15 is 0 Å². The summed E-state index contributed by atoms with van der Waals surface area (Å²) in [4.78, 5) is 27.7. The SMILES string of the molecule is Cc1ccc(C)c(CN2C(=O)C(O)(CC(=O)c3ccc(F)cc3)c3ccccc32)c1. The van der Waals surface area contributed by atoms with Gasteiger partial charge in [0.15, 0.2) is 11.4 Å². The van der Waals surface area contributed by atoms with E-state index in [1.165, 1.54) is 29.2 Å². The highest BCUT2D eigenvalue weighted by atomic mass is 19.1. The summed E-state index contributed by atoms with van der Waals surface area (Å²) in [6.07, 6.45) is -0.405. The number of rotatable bonds is 5. The normalized spacial score (nSPS) is 17.9. The first-order chi connectivity index (χ1) is 14.3. The molecule has 1 aliphatic heterocycles. The first-order valence-electron chi connectivity index (χ1n) is 9.78. The minimum atomic E-state index is -1.96. The first-order valence-corrected chi connectivity index (χ1v) is 9.78. The van der Waals surface area contributed by atoms with E-state index < -0.39 is 29.5 Å². The molecule has 4 rings (SSSR count). The number of halogens is 1. The van der Waals surface area contributed by atoms with Crippen molar-refractivity contribution in [3.05, 3.63) is 100 Å². The average molecular weight is 403 g/mol. The third-order valence-corrected chi connectivity index (χ3v) is 5.66. The average Bonchev–Trinajstić information content (AvgIpc) is 2.93. The summed E-state index contributed by atoms with van der Waals surface area (Å²) in [5, 5.41) is 11.4. The van der Waals surface area contributed by atoms with Gasteiger partial charge in [0.2, 0.25) is 0 Å². The maximum absolute atomic E-state index is 13.4. The van der Waals surface area contributed by atoms with Gasteiger partial charge in [-0.05, 0) is 55.3 Å². The molecule has 1 heterocycles. The molecular formula is C25H22FNO3. The van der Waals surface area contributed by atoms with Crippen LogP contribution in [0.3, 0.4) is 0 Å². The lowest BCUT2D eigenvalue weighted by Crippen LogP contribution is -2.41. The second-order valence-electron chi connectivity index (χ2n) is 7.81. The van der Waals surface area contributed by atoms with E-state index in [1.807, 2.05) is 32.0 Å². The summed E-state index contributed by atoms with van der Waals surface area (Å²) in [7, 11) is 0. The van der Waals surface area contributed by atoms with Crippen LogP contribution < -0.4 is 4.90 Å². The number of aryl methyl sites for hydroxylation is 2. The molecule has 0 fully saturated rings. The van der Waals surface area contributed by atoms with Gasteiger partial charge < -0.3 is 10.0 Å². The molecule has 1 amide bonds. The van der Waals surface area contributed by atoms with Crippen LogP contribution in [0.4, 0.5) is 10.1 Å². The van der Waals surface area contributed by atoms with Crippen LogP contribution in [0.1, 0.15) is 39.0 Å². The number of carbonyl (C=O) groups is 2. The van der Waals surface area contributed by atoms with Gasteiger partial charge in [-0.1, -0.05) is 42.0 Å². The predicted molar refractivity (Wildman–Crippen MR) is 113 cm³/mol. The Morgan fingerprint density at radius 2 is 1.73 bits per heavy atom. The Balaban J connectivity index is 1.69. The lowest BCUT2D eigenvalue weighted by molar-refractivity contribution is -0.136. The zero-order valence-corrected chi connectivity index (χ0v) is 16.9. The van der Waals surface area contributed by atoms with Crippen LogP contribution in [0.5, 0.6) is 0 Å². The molecule has 30 heavy (non-hydrogen) atoms. The molecule has 4 nitrogen and oxygen atoms in total. The summed E-state index contributed by atoms with van der Waals surface area (Å²) in [6.45, 7) is 4.27. The second-order valence-corrected chi connectivity index (χ2v) is 7.81. The summed E-state index contributed by atoms with van der Waals surface area (Å²) in [6, 6.07) is 18.1. The Bertz CT molecular complexity index is 1140. The van der Waals surface area contributed by atoms with Crippen molar-refractivity contribution < 1.29 is 19.1 Å².